The Balaban J connectivity index is -0.000000427. The molecule has 3 atom stereocenters. The molecule has 190 valence electrons. The largest absolute Gasteiger partial charge is 0.481 e. The maximum atomic E-state index is 11.1. The molecule has 0 amide bonds. The zero-order chi connectivity index (χ0) is 26.3. The number of ether oxygens (including phenoxy) is 1. The van der Waals surface area contributed by atoms with E-state index in [1.807, 2.05) is 21.1 Å². The van der Waals surface area contributed by atoms with Gasteiger partial charge in [-0.1, -0.05) is 6.92 Å². The number of hydrogen-bond acceptors (Lipinski definition) is 8. The van der Waals surface area contributed by atoms with Crippen LogP contribution in [0.15, 0.2) is 0 Å². The molecule has 2 unspecified atom stereocenters. The third-order valence-corrected chi connectivity index (χ3v) is 3.32. The van der Waals surface area contributed by atoms with Crippen LogP contribution >= 0.6 is 0 Å². The number of quaternary nitrogens is 2. The van der Waals surface area contributed by atoms with Crippen molar-refractivity contribution in [2.24, 2.45) is 0 Å². The van der Waals surface area contributed by atoms with Crippen LogP contribution in [0.4, 0.5) is 0 Å². The van der Waals surface area contributed by atoms with Crippen LogP contribution in [0.25, 0.3) is 0 Å². The zero-order valence-electron chi connectivity index (χ0n) is 19.9. The fourth-order valence-corrected chi connectivity index (χ4v) is 1.79. The maximum Gasteiger partial charge on any atom is 0.335 e. The fraction of sp³-hybridized carbons (Fsp3) is 0.789. The molecule has 0 aromatic rings. The molecule has 0 aliphatic heterocycles. The van der Waals surface area contributed by atoms with Crippen LogP contribution in [0.5, 0.6) is 0 Å². The number of hydrogen-bond donors (Lipinski definition) is 6. The number of esters is 1. The number of carboxylic acid groups (broad SMARTS) is 3. The van der Waals surface area contributed by atoms with E-state index in [1.54, 1.807) is 6.92 Å². The smallest absolute Gasteiger partial charge is 0.335 e. The van der Waals surface area contributed by atoms with E-state index in [1.165, 1.54) is 0 Å². The molecule has 0 saturated carbocycles. The quantitative estimate of drug-likeness (QED) is 0.144. The number of aliphatic hydroxyl groups is 3. The summed E-state index contributed by atoms with van der Waals surface area (Å²) in [5, 5.41) is 49.6. The third-order valence-electron chi connectivity index (χ3n) is 3.32. The lowest BCUT2D eigenvalue weighted by molar-refractivity contribution is -0.873. The second kappa shape index (κ2) is 16.3. The summed E-state index contributed by atoms with van der Waals surface area (Å²) in [6.07, 6.45) is -4.95. The summed E-state index contributed by atoms with van der Waals surface area (Å²) >= 11 is 0. The predicted molar refractivity (Wildman–Crippen MR) is 113 cm³/mol. The van der Waals surface area contributed by atoms with Crippen LogP contribution in [0, 0.1) is 0 Å². The normalized spacial score (nSPS) is 13.8. The first kappa shape index (κ1) is 34.3. The van der Waals surface area contributed by atoms with Crippen molar-refractivity contribution in [1.82, 2.24) is 0 Å². The Morgan fingerprint density at radius 2 is 1.22 bits per heavy atom. The van der Waals surface area contributed by atoms with E-state index in [0.717, 1.165) is 11.0 Å². The number of aliphatic hydroxyl groups excluding tert-OH is 3. The molecule has 0 fully saturated rings. The first-order valence-corrected chi connectivity index (χ1v) is 9.72. The Bertz CT molecular complexity index is 565. The third kappa shape index (κ3) is 24.0. The number of aliphatic carboxylic acids is 3. The van der Waals surface area contributed by atoms with Gasteiger partial charge in [-0.15, -0.1) is 0 Å². The molecule has 0 rings (SSSR count). The molecule has 0 heterocycles. The van der Waals surface area contributed by atoms with E-state index in [2.05, 4.69) is 21.1 Å². The molecular formula is C19H40N2O11+2. The SMILES string of the molecule is CCC(=O)O[C@H](CC(=O)O)C[N+](C)(C)C.C[N+](C)(C)CCO.O=C(O)C(O)C(O)C(=O)O. The van der Waals surface area contributed by atoms with Crippen molar-refractivity contribution < 1.29 is 63.5 Å². The summed E-state index contributed by atoms with van der Waals surface area (Å²) in [5.41, 5.74) is 0. The highest BCUT2D eigenvalue weighted by molar-refractivity contribution is 5.83. The molecule has 0 bridgehead atoms. The Morgan fingerprint density at radius 3 is 1.41 bits per heavy atom. The molecule has 0 aliphatic rings. The molecule has 13 nitrogen and oxygen atoms in total. The predicted octanol–water partition coefficient (Wildman–Crippen LogP) is -1.95. The molecule has 0 aliphatic carbocycles. The van der Waals surface area contributed by atoms with Gasteiger partial charge in [-0.3, -0.25) is 9.59 Å². The van der Waals surface area contributed by atoms with Gasteiger partial charge in [0.15, 0.2) is 18.3 Å². The minimum Gasteiger partial charge on any atom is -0.481 e. The Hall–Kier alpha value is -2.32. The van der Waals surface area contributed by atoms with Crippen molar-refractivity contribution in [3.8, 4) is 0 Å². The average Bonchev–Trinajstić information content (AvgIpc) is 2.58. The van der Waals surface area contributed by atoms with Crippen molar-refractivity contribution in [2.45, 2.75) is 38.1 Å². The van der Waals surface area contributed by atoms with E-state index < -0.39 is 36.2 Å². The van der Waals surface area contributed by atoms with Gasteiger partial charge in [-0.05, 0) is 0 Å². The van der Waals surface area contributed by atoms with Gasteiger partial charge in [0, 0.05) is 6.42 Å². The molecule has 13 heteroatoms. The number of rotatable bonds is 11. The summed E-state index contributed by atoms with van der Waals surface area (Å²) < 4.78 is 6.46. The number of carbonyl (C=O) groups is 4. The number of carbonyl (C=O) groups excluding carboxylic acids is 1. The Morgan fingerprint density at radius 1 is 0.812 bits per heavy atom. The van der Waals surface area contributed by atoms with Crippen LogP contribution in [0.3, 0.4) is 0 Å². The van der Waals surface area contributed by atoms with E-state index in [9.17, 15) is 19.2 Å². The fourth-order valence-electron chi connectivity index (χ4n) is 1.79. The average molecular weight is 473 g/mol. The van der Waals surface area contributed by atoms with Crippen LogP contribution in [-0.4, -0.2) is 144 Å². The lowest BCUT2D eigenvalue weighted by atomic mass is 10.2. The van der Waals surface area contributed by atoms with Gasteiger partial charge in [0.05, 0.1) is 55.3 Å². The second-order valence-electron chi connectivity index (χ2n) is 8.84. The lowest BCUT2D eigenvalue weighted by Crippen LogP contribution is -2.43. The zero-order valence-corrected chi connectivity index (χ0v) is 19.9. The van der Waals surface area contributed by atoms with Crippen molar-refractivity contribution in [3.63, 3.8) is 0 Å². The summed E-state index contributed by atoms with van der Waals surface area (Å²) in [6.45, 7) is 3.30. The second-order valence-corrected chi connectivity index (χ2v) is 8.84. The molecular weight excluding hydrogens is 432 g/mol. The summed E-state index contributed by atoms with van der Waals surface area (Å²) in [7, 11) is 11.9. The van der Waals surface area contributed by atoms with E-state index >= 15 is 0 Å². The molecule has 32 heavy (non-hydrogen) atoms. The highest BCUT2D eigenvalue weighted by Crippen LogP contribution is 2.06. The molecule has 0 aromatic heterocycles. The molecule has 0 aromatic carbocycles. The number of likely N-dealkylation sites (N-methyl/N-ethyl adjacent to an activating group) is 2. The Kier molecular flexibility index (Phi) is 17.5. The molecule has 0 saturated heterocycles. The highest BCUT2D eigenvalue weighted by atomic mass is 16.5. The van der Waals surface area contributed by atoms with Gasteiger partial charge in [-0.2, -0.15) is 0 Å². The summed E-state index contributed by atoms with van der Waals surface area (Å²) in [4.78, 5) is 41.2. The first-order chi connectivity index (χ1) is 14.3. The minimum absolute atomic E-state index is 0.138. The van der Waals surface area contributed by atoms with Crippen molar-refractivity contribution in [1.29, 1.82) is 0 Å². The van der Waals surface area contributed by atoms with Gasteiger partial charge in [0.2, 0.25) is 0 Å². The van der Waals surface area contributed by atoms with E-state index in [0.29, 0.717) is 11.0 Å². The monoisotopic (exact) mass is 472 g/mol. The lowest BCUT2D eigenvalue weighted by Gasteiger charge is -2.28. The van der Waals surface area contributed by atoms with Crippen LogP contribution in [0.1, 0.15) is 19.8 Å². The van der Waals surface area contributed by atoms with Crippen molar-refractivity contribution in [3.05, 3.63) is 0 Å². The topological polar surface area (TPSA) is 199 Å². The number of nitrogens with zero attached hydrogens (tertiary/aromatic N) is 2. The van der Waals surface area contributed by atoms with Crippen LogP contribution < -0.4 is 0 Å². The number of carboxylic acids is 3. The maximum absolute atomic E-state index is 11.1. The molecule has 0 spiro atoms. The van der Waals surface area contributed by atoms with Gasteiger partial charge in [0.1, 0.15) is 13.1 Å². The van der Waals surface area contributed by atoms with Gasteiger partial charge in [0.25, 0.3) is 0 Å². The van der Waals surface area contributed by atoms with Gasteiger partial charge >= 0.3 is 23.9 Å². The van der Waals surface area contributed by atoms with Crippen LogP contribution in [-0.2, 0) is 23.9 Å². The Labute approximate surface area is 188 Å². The van der Waals surface area contributed by atoms with Crippen molar-refractivity contribution in [2.75, 3.05) is 62.0 Å². The first-order valence-electron chi connectivity index (χ1n) is 9.72. The van der Waals surface area contributed by atoms with E-state index in [4.69, 9.17) is 35.4 Å². The molecule has 0 radical (unpaired) electrons. The van der Waals surface area contributed by atoms with Gasteiger partial charge in [-0.25, -0.2) is 9.59 Å². The van der Waals surface area contributed by atoms with E-state index in [-0.39, 0.29) is 25.4 Å². The minimum atomic E-state index is -2.27. The van der Waals surface area contributed by atoms with Crippen LogP contribution in [0.2, 0.25) is 0 Å². The highest BCUT2D eigenvalue weighted by Gasteiger charge is 2.29. The summed E-state index contributed by atoms with van der Waals surface area (Å²) in [6, 6.07) is 0. The van der Waals surface area contributed by atoms with Gasteiger partial charge < -0.3 is 44.3 Å². The molecule has 6 N–H and O–H groups in total. The van der Waals surface area contributed by atoms with Crippen molar-refractivity contribution >= 4 is 23.9 Å². The summed E-state index contributed by atoms with van der Waals surface area (Å²) in [5.74, 6) is -4.84. The standard InChI is InChI=1S/C10H19NO4.C5H14NO.C4H6O6/c1-5-10(14)15-8(6-9(12)13)7-11(2,3)4;1-6(2,3)4-5-7;5-1(3(7)8)2(6)4(9)10/h8H,5-7H2,1-4H3;7H,4-5H2,1-3H3;1-2,5-6H,(H,7,8)(H,9,10)/q;+1;/p+1/t8-;;/m1../s1.